The molecule has 11 heteroatoms. The molecule has 1 aromatic heterocycles. The van der Waals surface area contributed by atoms with E-state index in [0.717, 1.165) is 11.3 Å². The number of ether oxygens (including phenoxy) is 2. The van der Waals surface area contributed by atoms with Crippen molar-refractivity contribution in [2.45, 2.75) is 44.7 Å². The van der Waals surface area contributed by atoms with Crippen LogP contribution in [0.5, 0.6) is 0 Å². The van der Waals surface area contributed by atoms with Gasteiger partial charge in [-0.2, -0.15) is 4.72 Å². The number of rotatable bonds is 9. The highest BCUT2D eigenvalue weighted by Crippen LogP contribution is 2.35. The van der Waals surface area contributed by atoms with E-state index >= 15 is 0 Å². The molecule has 0 fully saturated rings. The van der Waals surface area contributed by atoms with Gasteiger partial charge in [0.1, 0.15) is 6.04 Å². The van der Waals surface area contributed by atoms with Crippen LogP contribution in [0.15, 0.2) is 78.2 Å². The normalized spacial score (nSPS) is 12.9. The number of aryl methyl sites for hydroxylation is 3. The lowest BCUT2D eigenvalue weighted by atomic mass is 9.89. The van der Waals surface area contributed by atoms with Crippen LogP contribution in [-0.4, -0.2) is 43.1 Å². The number of nitrogens with zero attached hydrogens (tertiary/aromatic N) is 2. The highest BCUT2D eigenvalue weighted by Gasteiger charge is 2.30. The standard InChI is InChI=1S/C30H30ClN3O6S/c1-18-6-9-24(34-13-12-32-17-34)16-26(18)28(27-19(2)14-22(15-20(27)3)30(36)39-5)40-29(35)21(4)33-41(37,38)25-10-7-23(31)8-11-25/h6-17,21,28,33H,1-5H3. The van der Waals surface area contributed by atoms with Crippen LogP contribution in [0.4, 0.5) is 0 Å². The first-order chi connectivity index (χ1) is 19.4. The van der Waals surface area contributed by atoms with E-state index in [2.05, 4.69) is 9.71 Å². The maximum atomic E-state index is 13.5. The molecular formula is C30H30ClN3O6S. The number of carbonyl (C=O) groups excluding carboxylic acids is 2. The van der Waals surface area contributed by atoms with E-state index in [1.54, 1.807) is 30.9 Å². The summed E-state index contributed by atoms with van der Waals surface area (Å²) in [6.07, 6.45) is 4.20. The van der Waals surface area contributed by atoms with E-state index in [4.69, 9.17) is 21.1 Å². The molecular weight excluding hydrogens is 566 g/mol. The van der Waals surface area contributed by atoms with Crippen molar-refractivity contribution < 1.29 is 27.5 Å². The van der Waals surface area contributed by atoms with Gasteiger partial charge in [-0.25, -0.2) is 18.2 Å². The van der Waals surface area contributed by atoms with Gasteiger partial charge < -0.3 is 14.0 Å². The topological polar surface area (TPSA) is 117 Å². The summed E-state index contributed by atoms with van der Waals surface area (Å²) in [5.41, 5.74) is 4.76. The van der Waals surface area contributed by atoms with Gasteiger partial charge in [-0.05, 0) is 92.9 Å². The molecule has 0 aliphatic heterocycles. The van der Waals surface area contributed by atoms with Crippen molar-refractivity contribution >= 4 is 33.6 Å². The second-order valence-corrected chi connectivity index (χ2v) is 11.8. The third-order valence-corrected chi connectivity index (χ3v) is 8.48. The largest absolute Gasteiger partial charge is 0.465 e. The fourth-order valence-corrected chi connectivity index (χ4v) is 5.88. The third kappa shape index (κ3) is 6.67. The number of hydrogen-bond acceptors (Lipinski definition) is 7. The smallest absolute Gasteiger partial charge is 0.337 e. The van der Waals surface area contributed by atoms with Crippen molar-refractivity contribution in [2.75, 3.05) is 7.11 Å². The summed E-state index contributed by atoms with van der Waals surface area (Å²) < 4.78 is 41.1. The zero-order chi connectivity index (χ0) is 29.9. The first-order valence-corrected chi connectivity index (χ1v) is 14.5. The molecule has 2 atom stereocenters. The zero-order valence-electron chi connectivity index (χ0n) is 23.2. The summed E-state index contributed by atoms with van der Waals surface area (Å²) in [5, 5.41) is 0.386. The number of hydrogen-bond donors (Lipinski definition) is 1. The average Bonchev–Trinajstić information content (AvgIpc) is 3.47. The van der Waals surface area contributed by atoms with Gasteiger partial charge in [-0.3, -0.25) is 4.79 Å². The van der Waals surface area contributed by atoms with E-state index in [0.29, 0.717) is 32.8 Å². The van der Waals surface area contributed by atoms with Crippen molar-refractivity contribution in [1.82, 2.24) is 14.3 Å². The molecule has 4 aromatic rings. The number of imidazole rings is 1. The van der Waals surface area contributed by atoms with Crippen molar-refractivity contribution in [3.05, 3.63) is 112 Å². The van der Waals surface area contributed by atoms with Gasteiger partial charge in [0.25, 0.3) is 0 Å². The van der Waals surface area contributed by atoms with Crippen molar-refractivity contribution in [3.63, 3.8) is 0 Å². The molecule has 0 spiro atoms. The monoisotopic (exact) mass is 595 g/mol. The van der Waals surface area contributed by atoms with Crippen molar-refractivity contribution in [3.8, 4) is 5.69 Å². The molecule has 9 nitrogen and oxygen atoms in total. The number of aromatic nitrogens is 2. The molecule has 4 rings (SSSR count). The highest BCUT2D eigenvalue weighted by molar-refractivity contribution is 7.89. The number of nitrogens with one attached hydrogen (secondary N) is 1. The summed E-state index contributed by atoms with van der Waals surface area (Å²) in [7, 11) is -2.73. The first kappa shape index (κ1) is 30.0. The molecule has 0 radical (unpaired) electrons. The Bertz CT molecular complexity index is 1660. The summed E-state index contributed by atoms with van der Waals surface area (Å²) >= 11 is 5.89. The highest BCUT2D eigenvalue weighted by atomic mass is 35.5. The number of carbonyl (C=O) groups is 2. The van der Waals surface area contributed by atoms with Crippen LogP contribution >= 0.6 is 11.6 Å². The van der Waals surface area contributed by atoms with Gasteiger partial charge in [-0.1, -0.05) is 17.7 Å². The Hall–Kier alpha value is -3.99. The zero-order valence-corrected chi connectivity index (χ0v) is 24.8. The number of sulfonamides is 1. The quantitative estimate of drug-likeness (QED) is 0.263. The van der Waals surface area contributed by atoms with Gasteiger partial charge in [0, 0.05) is 34.2 Å². The summed E-state index contributed by atoms with van der Waals surface area (Å²) in [4.78, 5) is 29.8. The molecule has 214 valence electrons. The number of benzene rings is 3. The number of esters is 2. The van der Waals surface area contributed by atoms with Crippen LogP contribution in [0.25, 0.3) is 5.69 Å². The van der Waals surface area contributed by atoms with Crippen LogP contribution < -0.4 is 4.72 Å². The fourth-order valence-electron chi connectivity index (χ4n) is 4.57. The predicted octanol–water partition coefficient (Wildman–Crippen LogP) is 5.24. The van der Waals surface area contributed by atoms with Crippen LogP contribution in [-0.2, 0) is 24.3 Å². The van der Waals surface area contributed by atoms with E-state index in [-0.39, 0.29) is 4.90 Å². The lowest BCUT2D eigenvalue weighted by molar-refractivity contribution is -0.149. The van der Waals surface area contributed by atoms with Crippen LogP contribution in [0.1, 0.15) is 51.2 Å². The molecule has 1 heterocycles. The molecule has 0 bridgehead atoms. The second kappa shape index (κ2) is 12.3. The van der Waals surface area contributed by atoms with Gasteiger partial charge >= 0.3 is 11.9 Å². The van der Waals surface area contributed by atoms with E-state index < -0.39 is 34.1 Å². The molecule has 1 N–H and O–H groups in total. The van der Waals surface area contributed by atoms with Gasteiger partial charge in [0.05, 0.1) is 23.9 Å². The SMILES string of the molecule is COC(=O)c1cc(C)c(C(OC(=O)C(C)NS(=O)(=O)c2ccc(Cl)cc2)c2cc(-n3ccnc3)ccc2C)c(C)c1. The molecule has 41 heavy (non-hydrogen) atoms. The van der Waals surface area contributed by atoms with Crippen molar-refractivity contribution in [2.24, 2.45) is 0 Å². The predicted molar refractivity (Wildman–Crippen MR) is 155 cm³/mol. The third-order valence-electron chi connectivity index (χ3n) is 6.67. The summed E-state index contributed by atoms with van der Waals surface area (Å²) in [5.74, 6) is -1.27. The molecule has 0 saturated carbocycles. The second-order valence-electron chi connectivity index (χ2n) is 9.64. The van der Waals surface area contributed by atoms with E-state index in [1.165, 1.54) is 38.3 Å². The molecule has 3 aromatic carbocycles. The Labute approximate surface area is 244 Å². The Morgan fingerprint density at radius 3 is 2.22 bits per heavy atom. The molecule has 0 saturated heterocycles. The Balaban J connectivity index is 1.75. The maximum Gasteiger partial charge on any atom is 0.337 e. The summed E-state index contributed by atoms with van der Waals surface area (Å²) in [6, 6.07) is 13.5. The molecule has 0 amide bonds. The van der Waals surface area contributed by atoms with E-state index in [1.807, 2.05) is 43.5 Å². The molecule has 2 unspecified atom stereocenters. The Morgan fingerprint density at radius 2 is 1.63 bits per heavy atom. The lowest BCUT2D eigenvalue weighted by Gasteiger charge is -2.26. The average molecular weight is 596 g/mol. The molecule has 0 aliphatic carbocycles. The number of halogens is 1. The van der Waals surface area contributed by atoms with Gasteiger partial charge in [0.2, 0.25) is 10.0 Å². The minimum Gasteiger partial charge on any atom is -0.465 e. The minimum absolute atomic E-state index is 0.0351. The minimum atomic E-state index is -4.04. The lowest BCUT2D eigenvalue weighted by Crippen LogP contribution is -2.40. The first-order valence-electron chi connectivity index (χ1n) is 12.7. The van der Waals surface area contributed by atoms with Crippen LogP contribution in [0, 0.1) is 20.8 Å². The fraction of sp³-hybridized carbons (Fsp3) is 0.233. The van der Waals surface area contributed by atoms with Gasteiger partial charge in [-0.15, -0.1) is 0 Å². The maximum absolute atomic E-state index is 13.5. The van der Waals surface area contributed by atoms with Gasteiger partial charge in [0.15, 0.2) is 6.10 Å². The van der Waals surface area contributed by atoms with Crippen molar-refractivity contribution in [1.29, 1.82) is 0 Å². The number of methoxy groups -OCH3 is 1. The Kier molecular flexibility index (Phi) is 8.96. The Morgan fingerprint density at radius 1 is 0.976 bits per heavy atom. The molecule has 0 aliphatic rings. The van der Waals surface area contributed by atoms with E-state index in [9.17, 15) is 18.0 Å². The summed E-state index contributed by atoms with van der Waals surface area (Å²) in [6.45, 7) is 6.95. The van der Waals surface area contributed by atoms with Crippen LogP contribution in [0.3, 0.4) is 0 Å². The van der Waals surface area contributed by atoms with Crippen LogP contribution in [0.2, 0.25) is 5.02 Å².